The van der Waals surface area contributed by atoms with Crippen molar-refractivity contribution in [2.45, 2.75) is 19.4 Å². The number of nitrogens with zero attached hydrogens (tertiary/aromatic N) is 2. The summed E-state index contributed by atoms with van der Waals surface area (Å²) < 4.78 is 3.19. The first-order valence-corrected chi connectivity index (χ1v) is 11.5. The highest BCUT2D eigenvalue weighted by Crippen LogP contribution is 2.22. The SMILES string of the molecule is Cc1c(NC(=O)C[C@@H](NC(=O)c2ccccc2Cl)c2ccccc2)c(=O)n(-c2ccccc2)n1C. The highest BCUT2D eigenvalue weighted by molar-refractivity contribution is 6.33. The lowest BCUT2D eigenvalue weighted by molar-refractivity contribution is -0.116. The van der Waals surface area contributed by atoms with E-state index in [1.54, 1.807) is 42.9 Å². The van der Waals surface area contributed by atoms with Crippen molar-refractivity contribution >= 4 is 29.1 Å². The number of halogens is 1. The number of carbonyl (C=O) groups excluding carboxylic acids is 2. The molecule has 8 heteroatoms. The Balaban J connectivity index is 1.58. The minimum Gasteiger partial charge on any atom is -0.345 e. The summed E-state index contributed by atoms with van der Waals surface area (Å²) in [7, 11) is 1.76. The third-order valence-electron chi connectivity index (χ3n) is 5.83. The minimum absolute atomic E-state index is 0.0701. The van der Waals surface area contributed by atoms with Gasteiger partial charge in [-0.05, 0) is 36.8 Å². The average molecular weight is 489 g/mol. The van der Waals surface area contributed by atoms with Gasteiger partial charge in [-0.25, -0.2) is 4.68 Å². The summed E-state index contributed by atoms with van der Waals surface area (Å²) in [6, 6.07) is 24.5. The number of anilines is 1. The second kappa shape index (κ2) is 10.4. The number of hydrogen-bond donors (Lipinski definition) is 2. The van der Waals surface area contributed by atoms with Crippen LogP contribution in [0.5, 0.6) is 0 Å². The Labute approximate surface area is 207 Å². The molecule has 0 unspecified atom stereocenters. The zero-order valence-corrected chi connectivity index (χ0v) is 20.1. The zero-order valence-electron chi connectivity index (χ0n) is 19.4. The molecule has 0 aliphatic carbocycles. The molecule has 0 fully saturated rings. The first kappa shape index (κ1) is 24.0. The molecule has 4 aromatic rings. The molecule has 1 atom stereocenters. The van der Waals surface area contributed by atoms with E-state index >= 15 is 0 Å². The van der Waals surface area contributed by atoms with Gasteiger partial charge in [0, 0.05) is 7.05 Å². The monoisotopic (exact) mass is 488 g/mol. The van der Waals surface area contributed by atoms with Crippen LogP contribution in [0.25, 0.3) is 5.69 Å². The first-order chi connectivity index (χ1) is 16.9. The van der Waals surface area contributed by atoms with E-state index in [4.69, 9.17) is 11.6 Å². The third kappa shape index (κ3) is 5.20. The lowest BCUT2D eigenvalue weighted by Crippen LogP contribution is -2.32. The highest BCUT2D eigenvalue weighted by Gasteiger charge is 2.23. The molecule has 2 N–H and O–H groups in total. The molecule has 0 aliphatic heterocycles. The van der Waals surface area contributed by atoms with Crippen molar-refractivity contribution in [2.24, 2.45) is 7.05 Å². The molecular weight excluding hydrogens is 464 g/mol. The normalized spacial score (nSPS) is 11.6. The van der Waals surface area contributed by atoms with Crippen molar-refractivity contribution in [2.75, 3.05) is 5.32 Å². The van der Waals surface area contributed by atoms with Gasteiger partial charge in [-0.2, -0.15) is 0 Å². The van der Waals surface area contributed by atoms with Gasteiger partial charge in [0.2, 0.25) is 5.91 Å². The van der Waals surface area contributed by atoms with Crippen molar-refractivity contribution in [1.29, 1.82) is 0 Å². The standard InChI is InChI=1S/C27H25ClN4O3/c1-18-25(27(35)32(31(18)2)20-13-7-4-8-14-20)30-24(33)17-23(19-11-5-3-6-12-19)29-26(34)21-15-9-10-16-22(21)28/h3-16,23H,17H2,1-2H3,(H,29,34)(H,30,33)/t23-/m1/s1. The van der Waals surface area contributed by atoms with Crippen LogP contribution in [0.1, 0.15) is 34.1 Å². The molecule has 35 heavy (non-hydrogen) atoms. The maximum absolute atomic E-state index is 13.1. The number of hydrogen-bond acceptors (Lipinski definition) is 3. The van der Waals surface area contributed by atoms with E-state index in [0.717, 1.165) is 5.56 Å². The molecular formula is C27H25ClN4O3. The van der Waals surface area contributed by atoms with Gasteiger partial charge in [-0.1, -0.05) is 72.3 Å². The fourth-order valence-corrected chi connectivity index (χ4v) is 4.13. The lowest BCUT2D eigenvalue weighted by atomic mass is 10.0. The molecule has 178 valence electrons. The zero-order chi connectivity index (χ0) is 24.9. The summed E-state index contributed by atoms with van der Waals surface area (Å²) >= 11 is 6.18. The molecule has 7 nitrogen and oxygen atoms in total. The molecule has 0 saturated carbocycles. The maximum Gasteiger partial charge on any atom is 0.295 e. The Hall–Kier alpha value is -4.10. The van der Waals surface area contributed by atoms with Crippen molar-refractivity contribution in [3.63, 3.8) is 0 Å². The maximum atomic E-state index is 13.1. The Morgan fingerprint density at radius 3 is 2.17 bits per heavy atom. The van der Waals surface area contributed by atoms with E-state index in [2.05, 4.69) is 10.6 Å². The number of benzene rings is 3. The number of nitrogens with one attached hydrogen (secondary N) is 2. The molecule has 0 bridgehead atoms. The van der Waals surface area contributed by atoms with E-state index in [-0.39, 0.29) is 23.6 Å². The number of amides is 2. The smallest absolute Gasteiger partial charge is 0.295 e. The van der Waals surface area contributed by atoms with Gasteiger partial charge in [-0.15, -0.1) is 0 Å². The van der Waals surface area contributed by atoms with Crippen molar-refractivity contribution in [3.05, 3.63) is 117 Å². The van der Waals surface area contributed by atoms with E-state index in [0.29, 0.717) is 22.0 Å². The van der Waals surface area contributed by atoms with Gasteiger partial charge < -0.3 is 10.6 Å². The summed E-state index contributed by atoms with van der Waals surface area (Å²) in [6.45, 7) is 1.77. The van der Waals surface area contributed by atoms with Crippen LogP contribution in [0.4, 0.5) is 5.69 Å². The van der Waals surface area contributed by atoms with Gasteiger partial charge in [0.25, 0.3) is 11.5 Å². The van der Waals surface area contributed by atoms with Crippen LogP contribution in [0.3, 0.4) is 0 Å². The van der Waals surface area contributed by atoms with Crippen LogP contribution in [0.15, 0.2) is 89.7 Å². The Kier molecular flexibility index (Phi) is 7.17. The van der Waals surface area contributed by atoms with E-state index in [1.807, 2.05) is 60.7 Å². The van der Waals surface area contributed by atoms with Crippen molar-refractivity contribution in [1.82, 2.24) is 14.7 Å². The van der Waals surface area contributed by atoms with Crippen LogP contribution in [-0.4, -0.2) is 21.2 Å². The topological polar surface area (TPSA) is 85.1 Å². The summed E-state index contributed by atoms with van der Waals surface area (Å²) in [4.78, 5) is 39.2. The Bertz CT molecular complexity index is 1410. The predicted octanol–water partition coefficient (Wildman–Crippen LogP) is 4.64. The number of aromatic nitrogens is 2. The van der Waals surface area contributed by atoms with Gasteiger partial charge in [0.15, 0.2) is 0 Å². The minimum atomic E-state index is -0.625. The Morgan fingerprint density at radius 2 is 1.51 bits per heavy atom. The molecule has 0 aliphatic rings. The van der Waals surface area contributed by atoms with E-state index < -0.39 is 11.9 Å². The molecule has 1 heterocycles. The molecule has 2 amide bonds. The molecule has 0 spiro atoms. The van der Waals surface area contributed by atoms with E-state index in [9.17, 15) is 14.4 Å². The molecule has 4 rings (SSSR count). The van der Waals surface area contributed by atoms with Crippen molar-refractivity contribution in [3.8, 4) is 5.69 Å². The molecule has 3 aromatic carbocycles. The Morgan fingerprint density at radius 1 is 0.914 bits per heavy atom. The van der Waals surface area contributed by atoms with Gasteiger partial charge >= 0.3 is 0 Å². The number of para-hydroxylation sites is 1. The van der Waals surface area contributed by atoms with Crippen molar-refractivity contribution < 1.29 is 9.59 Å². The second-order valence-corrected chi connectivity index (χ2v) is 8.51. The third-order valence-corrected chi connectivity index (χ3v) is 6.16. The largest absolute Gasteiger partial charge is 0.345 e. The summed E-state index contributed by atoms with van der Waals surface area (Å²) in [6.07, 6.45) is -0.0701. The predicted molar refractivity (Wildman–Crippen MR) is 137 cm³/mol. The summed E-state index contributed by atoms with van der Waals surface area (Å²) in [5, 5.41) is 5.99. The van der Waals surface area contributed by atoms with Crippen LogP contribution < -0.4 is 16.2 Å². The van der Waals surface area contributed by atoms with Gasteiger partial charge in [0.05, 0.1) is 34.4 Å². The molecule has 1 aromatic heterocycles. The quantitative estimate of drug-likeness (QED) is 0.397. The van der Waals surface area contributed by atoms with Gasteiger partial charge in [-0.3, -0.25) is 19.1 Å². The number of carbonyl (C=O) groups is 2. The number of rotatable bonds is 7. The molecule has 0 radical (unpaired) electrons. The van der Waals surface area contributed by atoms with Crippen LogP contribution in [-0.2, 0) is 11.8 Å². The summed E-state index contributed by atoms with van der Waals surface area (Å²) in [5.74, 6) is -0.788. The molecule has 0 saturated heterocycles. The van der Waals surface area contributed by atoms with E-state index in [1.165, 1.54) is 4.68 Å². The fourth-order valence-electron chi connectivity index (χ4n) is 3.91. The highest BCUT2D eigenvalue weighted by atomic mass is 35.5. The average Bonchev–Trinajstić information content (AvgIpc) is 3.07. The van der Waals surface area contributed by atoms with Gasteiger partial charge in [0.1, 0.15) is 5.69 Å². The van der Waals surface area contributed by atoms with Crippen LogP contribution in [0.2, 0.25) is 5.02 Å². The summed E-state index contributed by atoms with van der Waals surface area (Å²) in [5.41, 5.74) is 2.25. The van der Waals surface area contributed by atoms with Crippen LogP contribution >= 0.6 is 11.6 Å². The first-order valence-electron chi connectivity index (χ1n) is 11.1. The lowest BCUT2D eigenvalue weighted by Gasteiger charge is -2.19. The van der Waals surface area contributed by atoms with Crippen LogP contribution in [0, 0.1) is 6.92 Å². The second-order valence-electron chi connectivity index (χ2n) is 8.11. The fraction of sp³-hybridized carbons (Fsp3) is 0.148.